The third-order valence-corrected chi connectivity index (χ3v) is 3.19. The summed E-state index contributed by atoms with van der Waals surface area (Å²) in [5.74, 6) is -0.168. The van der Waals surface area contributed by atoms with Gasteiger partial charge in [-0.05, 0) is 51.4 Å². The van der Waals surface area contributed by atoms with Gasteiger partial charge in [-0.3, -0.25) is 9.59 Å². The Balaban J connectivity index is 2.02. The lowest BCUT2D eigenvalue weighted by Crippen LogP contribution is -2.35. The number of anilines is 1. The molecule has 1 aliphatic rings. The Morgan fingerprint density at radius 1 is 1.35 bits per heavy atom. The van der Waals surface area contributed by atoms with E-state index in [1.54, 1.807) is 24.3 Å². The maximum Gasteiger partial charge on any atom is 0.251 e. The van der Waals surface area contributed by atoms with Crippen LogP contribution in [0.15, 0.2) is 24.3 Å². The summed E-state index contributed by atoms with van der Waals surface area (Å²) in [4.78, 5) is 23.9. The first kappa shape index (κ1) is 14.5. The highest BCUT2D eigenvalue weighted by Crippen LogP contribution is 2.13. The van der Waals surface area contributed by atoms with Crippen molar-refractivity contribution in [2.75, 3.05) is 11.9 Å². The summed E-state index contributed by atoms with van der Waals surface area (Å²) in [5, 5.41) is 8.83. The molecule has 2 amide bonds. The summed E-state index contributed by atoms with van der Waals surface area (Å²) < 4.78 is 0. The van der Waals surface area contributed by atoms with Crippen LogP contribution >= 0.6 is 0 Å². The lowest BCUT2D eigenvalue weighted by atomic mass is 10.1. The van der Waals surface area contributed by atoms with Crippen molar-refractivity contribution in [2.24, 2.45) is 0 Å². The van der Waals surface area contributed by atoms with Crippen molar-refractivity contribution >= 4 is 17.5 Å². The summed E-state index contributed by atoms with van der Waals surface area (Å²) in [5.41, 5.74) is 1.20. The molecule has 3 N–H and O–H groups in total. The van der Waals surface area contributed by atoms with E-state index in [4.69, 9.17) is 0 Å². The molecule has 1 fully saturated rings. The van der Waals surface area contributed by atoms with Crippen molar-refractivity contribution in [1.29, 1.82) is 0 Å². The van der Waals surface area contributed by atoms with Crippen molar-refractivity contribution < 1.29 is 9.59 Å². The maximum atomic E-state index is 12.0. The van der Waals surface area contributed by atoms with Crippen LogP contribution < -0.4 is 16.0 Å². The molecule has 5 nitrogen and oxygen atoms in total. The van der Waals surface area contributed by atoms with E-state index in [1.807, 2.05) is 13.8 Å². The zero-order chi connectivity index (χ0) is 14.5. The summed E-state index contributed by atoms with van der Waals surface area (Å²) in [6.45, 7) is 4.71. The number of benzene rings is 1. The Morgan fingerprint density at radius 3 is 2.80 bits per heavy atom. The van der Waals surface area contributed by atoms with Gasteiger partial charge < -0.3 is 16.0 Å². The van der Waals surface area contributed by atoms with Gasteiger partial charge in [0.15, 0.2) is 0 Å². The molecule has 1 heterocycles. The lowest BCUT2D eigenvalue weighted by Gasteiger charge is -2.12. The number of nitrogens with one attached hydrogen (secondary N) is 3. The Labute approximate surface area is 119 Å². The third kappa shape index (κ3) is 3.81. The van der Waals surface area contributed by atoms with Crippen molar-refractivity contribution in [2.45, 2.75) is 38.8 Å². The second-order valence-corrected chi connectivity index (χ2v) is 5.35. The van der Waals surface area contributed by atoms with Crippen molar-refractivity contribution in [3.63, 3.8) is 0 Å². The van der Waals surface area contributed by atoms with E-state index in [0.29, 0.717) is 11.3 Å². The predicted octanol–water partition coefficient (Wildman–Crippen LogP) is 1.52. The van der Waals surface area contributed by atoms with Gasteiger partial charge in [0.25, 0.3) is 5.91 Å². The zero-order valence-electron chi connectivity index (χ0n) is 11.9. The number of hydrogen-bond donors (Lipinski definition) is 3. The quantitative estimate of drug-likeness (QED) is 0.780. The van der Waals surface area contributed by atoms with Gasteiger partial charge in [-0.15, -0.1) is 0 Å². The minimum absolute atomic E-state index is 0.0380. The fraction of sp³-hybridized carbons (Fsp3) is 0.467. The van der Waals surface area contributed by atoms with Gasteiger partial charge in [-0.25, -0.2) is 0 Å². The Hall–Kier alpha value is -1.88. The van der Waals surface area contributed by atoms with Gasteiger partial charge in [-0.2, -0.15) is 0 Å². The van der Waals surface area contributed by atoms with Crippen LogP contribution in [-0.2, 0) is 4.79 Å². The summed E-state index contributed by atoms with van der Waals surface area (Å²) in [7, 11) is 0. The summed E-state index contributed by atoms with van der Waals surface area (Å²) in [6.07, 6.45) is 1.88. The van der Waals surface area contributed by atoms with E-state index in [1.165, 1.54) is 0 Å². The molecule has 1 aliphatic heterocycles. The number of carbonyl (C=O) groups excluding carboxylic acids is 2. The SMILES string of the molecule is CC(C)NC(=O)c1cccc(NC(=O)C2CCCN2)c1. The lowest BCUT2D eigenvalue weighted by molar-refractivity contribution is -0.117. The molecule has 5 heteroatoms. The predicted molar refractivity (Wildman–Crippen MR) is 78.7 cm³/mol. The van der Waals surface area contributed by atoms with E-state index in [0.717, 1.165) is 19.4 Å². The highest BCUT2D eigenvalue weighted by molar-refractivity contribution is 5.98. The Morgan fingerprint density at radius 2 is 2.15 bits per heavy atom. The van der Waals surface area contributed by atoms with E-state index in [-0.39, 0.29) is 23.9 Å². The average Bonchev–Trinajstić information content (AvgIpc) is 2.92. The molecule has 0 aliphatic carbocycles. The molecule has 0 aromatic heterocycles. The van der Waals surface area contributed by atoms with Crippen LogP contribution in [0.3, 0.4) is 0 Å². The van der Waals surface area contributed by atoms with Gasteiger partial charge in [0, 0.05) is 17.3 Å². The van der Waals surface area contributed by atoms with E-state index >= 15 is 0 Å². The zero-order valence-corrected chi connectivity index (χ0v) is 11.9. The van der Waals surface area contributed by atoms with Crippen molar-refractivity contribution in [3.8, 4) is 0 Å². The number of amides is 2. The second kappa shape index (κ2) is 6.52. The van der Waals surface area contributed by atoms with Gasteiger partial charge in [-0.1, -0.05) is 6.07 Å². The minimum atomic E-state index is -0.130. The van der Waals surface area contributed by atoms with Crippen LogP contribution in [0.4, 0.5) is 5.69 Å². The molecular weight excluding hydrogens is 254 g/mol. The van der Waals surface area contributed by atoms with Gasteiger partial charge in [0.1, 0.15) is 0 Å². The standard InChI is InChI=1S/C15H21N3O2/c1-10(2)17-14(19)11-5-3-6-12(9-11)18-15(20)13-7-4-8-16-13/h3,5-6,9-10,13,16H,4,7-8H2,1-2H3,(H,17,19)(H,18,20). The van der Waals surface area contributed by atoms with Crippen LogP contribution in [0, 0.1) is 0 Å². The van der Waals surface area contributed by atoms with Crippen molar-refractivity contribution in [1.82, 2.24) is 10.6 Å². The molecule has 0 radical (unpaired) electrons. The topological polar surface area (TPSA) is 70.2 Å². The molecule has 108 valence electrons. The van der Waals surface area contributed by atoms with E-state index in [9.17, 15) is 9.59 Å². The smallest absolute Gasteiger partial charge is 0.251 e. The molecule has 1 aromatic carbocycles. The van der Waals surface area contributed by atoms with Crippen LogP contribution in [-0.4, -0.2) is 30.4 Å². The van der Waals surface area contributed by atoms with E-state index < -0.39 is 0 Å². The van der Waals surface area contributed by atoms with Crippen LogP contribution in [0.25, 0.3) is 0 Å². The maximum absolute atomic E-state index is 12.0. The highest BCUT2D eigenvalue weighted by atomic mass is 16.2. The molecule has 0 bridgehead atoms. The Kier molecular flexibility index (Phi) is 4.74. The molecule has 1 aromatic rings. The van der Waals surface area contributed by atoms with Crippen LogP contribution in [0.5, 0.6) is 0 Å². The first-order chi connectivity index (χ1) is 9.56. The van der Waals surface area contributed by atoms with Crippen LogP contribution in [0.2, 0.25) is 0 Å². The monoisotopic (exact) mass is 275 g/mol. The van der Waals surface area contributed by atoms with E-state index in [2.05, 4.69) is 16.0 Å². The fourth-order valence-electron chi connectivity index (χ4n) is 2.22. The van der Waals surface area contributed by atoms with Gasteiger partial charge >= 0.3 is 0 Å². The third-order valence-electron chi connectivity index (χ3n) is 3.19. The molecule has 1 atom stereocenters. The molecule has 0 saturated carbocycles. The van der Waals surface area contributed by atoms with Gasteiger partial charge in [0.05, 0.1) is 6.04 Å². The first-order valence-corrected chi connectivity index (χ1v) is 7.01. The molecule has 0 spiro atoms. The van der Waals surface area contributed by atoms with Crippen LogP contribution in [0.1, 0.15) is 37.0 Å². The Bertz CT molecular complexity index is 494. The molecular formula is C15H21N3O2. The normalized spacial score (nSPS) is 18.1. The number of rotatable bonds is 4. The molecule has 2 rings (SSSR count). The first-order valence-electron chi connectivity index (χ1n) is 7.01. The molecule has 1 unspecified atom stereocenters. The fourth-order valence-corrected chi connectivity index (χ4v) is 2.22. The van der Waals surface area contributed by atoms with Crippen molar-refractivity contribution in [3.05, 3.63) is 29.8 Å². The molecule has 20 heavy (non-hydrogen) atoms. The number of hydrogen-bond acceptors (Lipinski definition) is 3. The summed E-state index contributed by atoms with van der Waals surface area (Å²) in [6, 6.07) is 6.96. The minimum Gasteiger partial charge on any atom is -0.350 e. The second-order valence-electron chi connectivity index (χ2n) is 5.35. The highest BCUT2D eigenvalue weighted by Gasteiger charge is 2.22. The number of carbonyl (C=O) groups is 2. The largest absolute Gasteiger partial charge is 0.350 e. The molecule has 1 saturated heterocycles. The average molecular weight is 275 g/mol. The summed E-state index contributed by atoms with van der Waals surface area (Å²) >= 11 is 0. The van der Waals surface area contributed by atoms with Gasteiger partial charge in [0.2, 0.25) is 5.91 Å².